The first-order chi connectivity index (χ1) is 14.3. The quantitative estimate of drug-likeness (QED) is 0.574. The van der Waals surface area contributed by atoms with Crippen LogP contribution in [0.4, 0.5) is 19.1 Å². The lowest BCUT2D eigenvalue weighted by Gasteiger charge is -2.56. The summed E-state index contributed by atoms with van der Waals surface area (Å²) in [5, 5.41) is 16.3. The SMILES string of the molecule is Cl.OCC1(NCc2cnc(NC34CC5CC(CC(C5)C3)C4)nc2C(F)(F)F)CCCC1. The molecule has 0 radical (unpaired) electrons. The van der Waals surface area contributed by atoms with Gasteiger partial charge in [-0.2, -0.15) is 13.2 Å². The topological polar surface area (TPSA) is 70.1 Å². The number of aliphatic hydroxyl groups excluding tert-OH is 1. The summed E-state index contributed by atoms with van der Waals surface area (Å²) in [6, 6.07) is 0. The Kier molecular flexibility index (Phi) is 6.20. The normalized spacial score (nSPS) is 33.4. The summed E-state index contributed by atoms with van der Waals surface area (Å²) in [6.45, 7) is -0.0616. The fraction of sp³-hybridized carbons (Fsp3) is 0.818. The van der Waals surface area contributed by atoms with E-state index in [1.54, 1.807) is 0 Å². The highest BCUT2D eigenvalue weighted by atomic mass is 35.5. The molecule has 5 aliphatic rings. The molecule has 4 bridgehead atoms. The van der Waals surface area contributed by atoms with Gasteiger partial charge in [0.15, 0.2) is 5.69 Å². The number of anilines is 1. The Morgan fingerprint density at radius 3 is 2.13 bits per heavy atom. The summed E-state index contributed by atoms with van der Waals surface area (Å²) in [5.74, 6) is 2.17. The van der Waals surface area contributed by atoms with Gasteiger partial charge >= 0.3 is 6.18 Å². The van der Waals surface area contributed by atoms with Crippen molar-refractivity contribution in [2.45, 2.75) is 88.0 Å². The zero-order valence-corrected chi connectivity index (χ0v) is 18.5. The molecule has 3 N–H and O–H groups in total. The Balaban J connectivity index is 0.00000231. The molecule has 31 heavy (non-hydrogen) atoms. The van der Waals surface area contributed by atoms with Crippen molar-refractivity contribution in [1.82, 2.24) is 15.3 Å². The van der Waals surface area contributed by atoms with Crippen LogP contribution < -0.4 is 10.6 Å². The van der Waals surface area contributed by atoms with Gasteiger partial charge in [-0.25, -0.2) is 9.97 Å². The molecule has 0 amide bonds. The summed E-state index contributed by atoms with van der Waals surface area (Å²) < 4.78 is 41.4. The van der Waals surface area contributed by atoms with Crippen LogP contribution in [0.3, 0.4) is 0 Å². The second-order valence-corrected chi connectivity index (χ2v) is 10.4. The van der Waals surface area contributed by atoms with Gasteiger partial charge < -0.3 is 15.7 Å². The highest BCUT2D eigenvalue weighted by Crippen LogP contribution is 2.56. The summed E-state index contributed by atoms with van der Waals surface area (Å²) in [4.78, 5) is 8.26. The Bertz CT molecular complexity index is 762. The third kappa shape index (κ3) is 4.53. The number of nitrogens with zero attached hydrogens (tertiary/aromatic N) is 2. The molecule has 5 nitrogen and oxygen atoms in total. The van der Waals surface area contributed by atoms with Crippen molar-refractivity contribution in [3.63, 3.8) is 0 Å². The van der Waals surface area contributed by atoms with Crippen LogP contribution in [0, 0.1) is 17.8 Å². The number of aromatic nitrogens is 2. The number of rotatable bonds is 6. The van der Waals surface area contributed by atoms with Crippen molar-refractivity contribution in [2.24, 2.45) is 17.8 Å². The van der Waals surface area contributed by atoms with E-state index in [1.165, 1.54) is 25.5 Å². The standard InChI is InChI=1S/C22H31F3N4O.ClH/c23-22(24,25)18-17(12-27-20(13-30)3-1-2-4-20)11-26-19(28-18)29-21-8-14-5-15(9-21)7-16(6-14)10-21;/h11,14-16,27,30H,1-10,12-13H2,(H,26,28,29);1H. The van der Waals surface area contributed by atoms with Crippen LogP contribution in [-0.2, 0) is 12.7 Å². The van der Waals surface area contributed by atoms with Gasteiger partial charge in [-0.3, -0.25) is 0 Å². The van der Waals surface area contributed by atoms with Crippen molar-refractivity contribution in [1.29, 1.82) is 0 Å². The zero-order valence-electron chi connectivity index (χ0n) is 17.7. The predicted molar refractivity (Wildman–Crippen MR) is 114 cm³/mol. The molecular formula is C22H32ClF3N4O. The number of hydrogen-bond acceptors (Lipinski definition) is 5. The van der Waals surface area contributed by atoms with Gasteiger partial charge in [-0.15, -0.1) is 12.4 Å². The van der Waals surface area contributed by atoms with Crippen LogP contribution in [0.1, 0.15) is 75.5 Å². The van der Waals surface area contributed by atoms with Crippen LogP contribution >= 0.6 is 12.4 Å². The Hall–Kier alpha value is -1.12. The first-order valence-electron chi connectivity index (χ1n) is 11.4. The number of halogens is 4. The van der Waals surface area contributed by atoms with Crippen LogP contribution in [0.2, 0.25) is 0 Å². The van der Waals surface area contributed by atoms with Gasteiger partial charge in [-0.1, -0.05) is 12.8 Å². The maximum atomic E-state index is 13.8. The second kappa shape index (κ2) is 8.34. The molecule has 0 unspecified atom stereocenters. The Labute approximate surface area is 187 Å². The van der Waals surface area contributed by atoms with E-state index in [4.69, 9.17) is 0 Å². The third-order valence-corrected chi connectivity index (χ3v) is 8.07. The summed E-state index contributed by atoms with van der Waals surface area (Å²) in [5.41, 5.74) is -1.46. The van der Waals surface area contributed by atoms with E-state index in [0.29, 0.717) is 17.8 Å². The number of aliphatic hydroxyl groups is 1. The van der Waals surface area contributed by atoms with E-state index in [9.17, 15) is 18.3 Å². The average Bonchev–Trinajstić information content (AvgIpc) is 3.14. The largest absolute Gasteiger partial charge is 0.433 e. The lowest BCUT2D eigenvalue weighted by molar-refractivity contribution is -0.141. The minimum atomic E-state index is -4.54. The van der Waals surface area contributed by atoms with Crippen LogP contribution in [0.5, 0.6) is 0 Å². The molecule has 5 aliphatic carbocycles. The molecule has 5 saturated carbocycles. The molecule has 0 spiro atoms. The van der Waals surface area contributed by atoms with Gasteiger partial charge in [0, 0.05) is 29.4 Å². The lowest BCUT2D eigenvalue weighted by atomic mass is 9.53. The van der Waals surface area contributed by atoms with Crippen molar-refractivity contribution in [2.75, 3.05) is 11.9 Å². The molecule has 1 aromatic rings. The monoisotopic (exact) mass is 460 g/mol. The van der Waals surface area contributed by atoms with Crippen molar-refractivity contribution in [3.8, 4) is 0 Å². The van der Waals surface area contributed by atoms with Crippen LogP contribution in [-0.4, -0.2) is 32.8 Å². The van der Waals surface area contributed by atoms with E-state index >= 15 is 0 Å². The first-order valence-corrected chi connectivity index (χ1v) is 11.4. The number of hydrogen-bond donors (Lipinski definition) is 3. The van der Waals surface area contributed by atoms with E-state index in [2.05, 4.69) is 20.6 Å². The third-order valence-electron chi connectivity index (χ3n) is 8.07. The summed E-state index contributed by atoms with van der Waals surface area (Å²) >= 11 is 0. The zero-order chi connectivity index (χ0) is 21.0. The van der Waals surface area contributed by atoms with Gasteiger partial charge in [0.1, 0.15) is 0 Å². The fourth-order valence-electron chi connectivity index (χ4n) is 7.07. The van der Waals surface area contributed by atoms with E-state index in [-0.39, 0.29) is 42.6 Å². The molecule has 6 rings (SSSR count). The molecule has 9 heteroatoms. The predicted octanol–water partition coefficient (Wildman–Crippen LogP) is 4.69. The Morgan fingerprint density at radius 2 is 1.61 bits per heavy atom. The smallest absolute Gasteiger partial charge is 0.394 e. The maximum absolute atomic E-state index is 13.8. The van der Waals surface area contributed by atoms with Gasteiger partial charge in [-0.05, 0) is 69.1 Å². The van der Waals surface area contributed by atoms with Gasteiger partial charge in [0.25, 0.3) is 0 Å². The molecule has 0 saturated heterocycles. The molecule has 5 fully saturated rings. The molecule has 1 heterocycles. The molecule has 0 aliphatic heterocycles. The minimum Gasteiger partial charge on any atom is -0.394 e. The minimum absolute atomic E-state index is 0. The van der Waals surface area contributed by atoms with E-state index < -0.39 is 17.4 Å². The van der Waals surface area contributed by atoms with Crippen LogP contribution in [0.25, 0.3) is 0 Å². The van der Waals surface area contributed by atoms with Crippen molar-refractivity contribution in [3.05, 3.63) is 17.5 Å². The van der Waals surface area contributed by atoms with Gasteiger partial charge in [0.2, 0.25) is 5.95 Å². The fourth-order valence-corrected chi connectivity index (χ4v) is 7.07. The molecule has 174 valence electrons. The molecule has 1 aromatic heterocycles. The maximum Gasteiger partial charge on any atom is 0.433 e. The number of nitrogens with one attached hydrogen (secondary N) is 2. The lowest BCUT2D eigenvalue weighted by Crippen LogP contribution is -2.55. The Morgan fingerprint density at radius 1 is 1.03 bits per heavy atom. The number of alkyl halides is 3. The van der Waals surface area contributed by atoms with E-state index in [1.807, 2.05) is 0 Å². The van der Waals surface area contributed by atoms with Crippen LogP contribution in [0.15, 0.2) is 6.20 Å². The van der Waals surface area contributed by atoms with Crippen molar-refractivity contribution >= 4 is 18.4 Å². The molecule has 0 atom stereocenters. The summed E-state index contributed by atoms with van der Waals surface area (Å²) in [7, 11) is 0. The highest BCUT2D eigenvalue weighted by molar-refractivity contribution is 5.85. The van der Waals surface area contributed by atoms with E-state index in [0.717, 1.165) is 44.9 Å². The highest BCUT2D eigenvalue weighted by Gasteiger charge is 2.51. The first kappa shape index (κ1) is 23.1. The van der Waals surface area contributed by atoms with Gasteiger partial charge in [0.05, 0.1) is 6.61 Å². The van der Waals surface area contributed by atoms with Crippen molar-refractivity contribution < 1.29 is 18.3 Å². The molecular weight excluding hydrogens is 429 g/mol. The second-order valence-electron chi connectivity index (χ2n) is 10.4. The molecule has 0 aromatic carbocycles. The average molecular weight is 461 g/mol. The summed E-state index contributed by atoms with van der Waals surface area (Å²) in [6.07, 6.45) is 7.14.